The highest BCUT2D eigenvalue weighted by molar-refractivity contribution is 5.69. The molecule has 0 aromatic heterocycles. The summed E-state index contributed by atoms with van der Waals surface area (Å²) in [6.07, 6.45) is 4.95. The molecule has 0 radical (unpaired) electrons. The van der Waals surface area contributed by atoms with Crippen molar-refractivity contribution in [3.63, 3.8) is 0 Å². The van der Waals surface area contributed by atoms with Crippen molar-refractivity contribution in [2.24, 2.45) is 5.92 Å². The molecule has 0 aromatic carbocycles. The van der Waals surface area contributed by atoms with Gasteiger partial charge >= 0.3 is 5.97 Å². The first kappa shape index (κ1) is 10.9. The minimum Gasteiger partial charge on any atom is -0.480 e. The second-order valence-corrected chi connectivity index (χ2v) is 4.73. The summed E-state index contributed by atoms with van der Waals surface area (Å²) in [5.74, 6) is -0.0318. The average Bonchev–Trinajstić information content (AvgIpc) is 2.69. The molecule has 15 heavy (non-hydrogen) atoms. The number of hydrogen-bond acceptors (Lipinski definition) is 3. The maximum atomic E-state index is 10.6. The number of carboxylic acid groups (broad SMARTS) is 1. The van der Waals surface area contributed by atoms with E-state index in [9.17, 15) is 4.79 Å². The molecule has 0 amide bonds. The van der Waals surface area contributed by atoms with Crippen molar-refractivity contribution in [1.29, 1.82) is 0 Å². The highest BCUT2D eigenvalue weighted by Crippen LogP contribution is 2.24. The maximum absolute atomic E-state index is 10.6. The second kappa shape index (κ2) is 4.94. The maximum Gasteiger partial charge on any atom is 0.317 e. The summed E-state index contributed by atoms with van der Waals surface area (Å²) in [4.78, 5) is 12.7. The zero-order valence-corrected chi connectivity index (χ0v) is 9.11. The van der Waals surface area contributed by atoms with E-state index in [0.29, 0.717) is 12.0 Å². The van der Waals surface area contributed by atoms with E-state index in [-0.39, 0.29) is 6.54 Å². The highest BCUT2D eigenvalue weighted by atomic mass is 16.4. The van der Waals surface area contributed by atoms with Gasteiger partial charge in [0.25, 0.3) is 0 Å². The number of aliphatic carboxylic acids is 1. The lowest BCUT2D eigenvalue weighted by molar-refractivity contribution is -0.138. The molecular weight excluding hydrogens is 192 g/mol. The number of hydrogen-bond donors (Lipinski definition) is 2. The zero-order valence-electron chi connectivity index (χ0n) is 9.11. The fourth-order valence-corrected chi connectivity index (χ4v) is 2.87. The van der Waals surface area contributed by atoms with Gasteiger partial charge in [-0.05, 0) is 44.7 Å². The number of likely N-dealkylation sites (tertiary alicyclic amines) is 1. The Hall–Kier alpha value is -0.610. The molecule has 2 N–H and O–H groups in total. The third-order valence-electron chi connectivity index (χ3n) is 3.57. The third-order valence-corrected chi connectivity index (χ3v) is 3.57. The first-order chi connectivity index (χ1) is 7.25. The molecule has 2 saturated heterocycles. The van der Waals surface area contributed by atoms with Crippen LogP contribution in [-0.4, -0.2) is 48.2 Å². The number of rotatable bonds is 3. The van der Waals surface area contributed by atoms with Crippen molar-refractivity contribution < 1.29 is 9.90 Å². The second-order valence-electron chi connectivity index (χ2n) is 4.73. The van der Waals surface area contributed by atoms with Gasteiger partial charge in [-0.3, -0.25) is 9.69 Å². The number of carboxylic acids is 1. The van der Waals surface area contributed by atoms with Crippen LogP contribution in [0.25, 0.3) is 0 Å². The summed E-state index contributed by atoms with van der Waals surface area (Å²) in [5, 5.41) is 12.3. The van der Waals surface area contributed by atoms with Gasteiger partial charge < -0.3 is 10.4 Å². The van der Waals surface area contributed by atoms with E-state index in [1.54, 1.807) is 0 Å². The molecule has 0 aliphatic carbocycles. The molecule has 86 valence electrons. The van der Waals surface area contributed by atoms with Crippen LogP contribution < -0.4 is 5.32 Å². The van der Waals surface area contributed by atoms with Crippen LogP contribution >= 0.6 is 0 Å². The van der Waals surface area contributed by atoms with E-state index in [4.69, 9.17) is 5.11 Å². The summed E-state index contributed by atoms with van der Waals surface area (Å²) < 4.78 is 0. The van der Waals surface area contributed by atoms with Crippen molar-refractivity contribution in [3.05, 3.63) is 0 Å². The summed E-state index contributed by atoms with van der Waals surface area (Å²) in [5.41, 5.74) is 0. The van der Waals surface area contributed by atoms with E-state index in [1.807, 2.05) is 0 Å². The van der Waals surface area contributed by atoms with E-state index in [2.05, 4.69) is 10.2 Å². The highest BCUT2D eigenvalue weighted by Gasteiger charge is 2.29. The predicted octanol–water partition coefficient (Wildman–Crippen LogP) is 0.535. The Morgan fingerprint density at radius 1 is 1.40 bits per heavy atom. The Bertz CT molecular complexity index is 227. The topological polar surface area (TPSA) is 52.6 Å². The molecule has 0 saturated carbocycles. The average molecular weight is 212 g/mol. The number of nitrogens with zero attached hydrogens (tertiary/aromatic N) is 1. The molecular formula is C11H20N2O2. The first-order valence-electron chi connectivity index (χ1n) is 5.93. The predicted molar refractivity (Wildman–Crippen MR) is 57.8 cm³/mol. The Morgan fingerprint density at radius 2 is 2.27 bits per heavy atom. The van der Waals surface area contributed by atoms with Gasteiger partial charge in [0, 0.05) is 12.6 Å². The zero-order chi connectivity index (χ0) is 10.7. The first-order valence-corrected chi connectivity index (χ1v) is 5.93. The van der Waals surface area contributed by atoms with Crippen LogP contribution in [0.5, 0.6) is 0 Å². The van der Waals surface area contributed by atoms with Crippen LogP contribution in [0.2, 0.25) is 0 Å². The van der Waals surface area contributed by atoms with Gasteiger partial charge in [0.15, 0.2) is 0 Å². The summed E-state index contributed by atoms with van der Waals surface area (Å²) in [7, 11) is 0. The van der Waals surface area contributed by atoms with Gasteiger partial charge in [0.05, 0.1) is 6.54 Å². The largest absolute Gasteiger partial charge is 0.480 e. The summed E-state index contributed by atoms with van der Waals surface area (Å²) >= 11 is 0. The van der Waals surface area contributed by atoms with Gasteiger partial charge in [0.1, 0.15) is 0 Å². The van der Waals surface area contributed by atoms with Gasteiger partial charge in [-0.1, -0.05) is 0 Å². The van der Waals surface area contributed by atoms with Crippen molar-refractivity contribution >= 4 is 5.97 Å². The van der Waals surface area contributed by atoms with Crippen molar-refractivity contribution in [1.82, 2.24) is 10.2 Å². The lowest BCUT2D eigenvalue weighted by Gasteiger charge is -2.34. The third kappa shape index (κ3) is 2.92. The SMILES string of the molecule is O=C(O)CN1CCCC(C2CCCN2)C1. The van der Waals surface area contributed by atoms with Gasteiger partial charge in [-0.25, -0.2) is 0 Å². The number of carbonyl (C=O) groups is 1. The van der Waals surface area contributed by atoms with Crippen molar-refractivity contribution in [2.45, 2.75) is 31.7 Å². The van der Waals surface area contributed by atoms with Crippen LogP contribution in [0, 0.1) is 5.92 Å². The summed E-state index contributed by atoms with van der Waals surface area (Å²) in [6.45, 7) is 3.27. The molecule has 2 aliphatic heterocycles. The number of piperidine rings is 1. The van der Waals surface area contributed by atoms with E-state index in [0.717, 1.165) is 26.1 Å². The standard InChI is InChI=1S/C11H20N2O2/c14-11(15)8-13-6-2-3-9(7-13)10-4-1-5-12-10/h9-10,12H,1-8H2,(H,14,15). The molecule has 4 heteroatoms. The summed E-state index contributed by atoms with van der Waals surface area (Å²) in [6, 6.07) is 0.640. The van der Waals surface area contributed by atoms with Crippen LogP contribution in [0.4, 0.5) is 0 Å². The Labute approximate surface area is 90.6 Å². The molecule has 2 rings (SSSR count). The van der Waals surface area contributed by atoms with E-state index < -0.39 is 5.97 Å². The van der Waals surface area contributed by atoms with Crippen LogP contribution in [0.3, 0.4) is 0 Å². The fourth-order valence-electron chi connectivity index (χ4n) is 2.87. The lowest BCUT2D eigenvalue weighted by Crippen LogP contribution is -2.45. The molecule has 2 fully saturated rings. The quantitative estimate of drug-likeness (QED) is 0.716. The minimum atomic E-state index is -0.699. The van der Waals surface area contributed by atoms with Gasteiger partial charge in [0.2, 0.25) is 0 Å². The van der Waals surface area contributed by atoms with E-state index in [1.165, 1.54) is 19.3 Å². The van der Waals surface area contributed by atoms with E-state index >= 15 is 0 Å². The molecule has 2 unspecified atom stereocenters. The fraction of sp³-hybridized carbons (Fsp3) is 0.909. The monoisotopic (exact) mass is 212 g/mol. The smallest absolute Gasteiger partial charge is 0.317 e. The van der Waals surface area contributed by atoms with Crippen LogP contribution in [-0.2, 0) is 4.79 Å². The molecule has 2 atom stereocenters. The van der Waals surface area contributed by atoms with Crippen LogP contribution in [0.15, 0.2) is 0 Å². The van der Waals surface area contributed by atoms with Gasteiger partial charge in [-0.15, -0.1) is 0 Å². The Balaban J connectivity index is 1.83. The molecule has 0 aromatic rings. The minimum absolute atomic E-state index is 0.212. The normalized spacial score (nSPS) is 33.1. The number of nitrogens with one attached hydrogen (secondary N) is 1. The molecule has 4 nitrogen and oxygen atoms in total. The molecule has 2 aliphatic rings. The Morgan fingerprint density at radius 3 is 2.93 bits per heavy atom. The Kier molecular flexibility index (Phi) is 3.59. The molecule has 0 bridgehead atoms. The van der Waals surface area contributed by atoms with Crippen molar-refractivity contribution in [2.75, 3.05) is 26.2 Å². The lowest BCUT2D eigenvalue weighted by atomic mass is 9.90. The van der Waals surface area contributed by atoms with Crippen molar-refractivity contribution in [3.8, 4) is 0 Å². The molecule has 0 spiro atoms. The van der Waals surface area contributed by atoms with Gasteiger partial charge in [-0.2, -0.15) is 0 Å². The van der Waals surface area contributed by atoms with Crippen LogP contribution in [0.1, 0.15) is 25.7 Å². The molecule has 2 heterocycles.